The molecular formula is C23H26N4O2. The van der Waals surface area contributed by atoms with Gasteiger partial charge in [-0.15, -0.1) is 0 Å². The first-order valence-electron chi connectivity index (χ1n) is 10.2. The van der Waals surface area contributed by atoms with Gasteiger partial charge in [0.1, 0.15) is 11.3 Å². The molecule has 1 saturated heterocycles. The van der Waals surface area contributed by atoms with Crippen molar-refractivity contribution >= 4 is 17.5 Å². The first-order valence-corrected chi connectivity index (χ1v) is 10.2. The average molecular weight is 390 g/mol. The number of hydrogen-bond acceptors (Lipinski definition) is 3. The third-order valence-corrected chi connectivity index (χ3v) is 5.47. The summed E-state index contributed by atoms with van der Waals surface area (Å²) in [5.41, 5.74) is 3.55. The summed E-state index contributed by atoms with van der Waals surface area (Å²) >= 11 is 0. The normalized spacial score (nSPS) is 14.9. The van der Waals surface area contributed by atoms with Crippen LogP contribution in [0.25, 0.3) is 5.65 Å². The van der Waals surface area contributed by atoms with E-state index in [9.17, 15) is 9.59 Å². The molecule has 29 heavy (non-hydrogen) atoms. The lowest BCUT2D eigenvalue weighted by molar-refractivity contribution is -0.122. The van der Waals surface area contributed by atoms with Crippen LogP contribution in [0.5, 0.6) is 0 Å². The van der Waals surface area contributed by atoms with Crippen molar-refractivity contribution in [1.82, 2.24) is 19.6 Å². The summed E-state index contributed by atoms with van der Waals surface area (Å²) in [6, 6.07) is 14.1. The molecule has 1 aliphatic heterocycles. The molecule has 6 heteroatoms. The van der Waals surface area contributed by atoms with E-state index in [1.807, 2.05) is 64.9 Å². The number of pyridine rings is 1. The maximum absolute atomic E-state index is 12.8. The Balaban J connectivity index is 1.27. The molecule has 4 rings (SSSR count). The third kappa shape index (κ3) is 4.65. The second-order valence-electron chi connectivity index (χ2n) is 7.72. The van der Waals surface area contributed by atoms with Crippen LogP contribution < -0.4 is 5.32 Å². The number of aryl methyl sites for hydroxylation is 2. The summed E-state index contributed by atoms with van der Waals surface area (Å²) in [6.07, 6.45) is 6.49. The van der Waals surface area contributed by atoms with Gasteiger partial charge < -0.3 is 14.6 Å². The van der Waals surface area contributed by atoms with Crippen molar-refractivity contribution in [2.75, 3.05) is 13.1 Å². The average Bonchev–Trinajstić information content (AvgIpc) is 3.16. The van der Waals surface area contributed by atoms with Gasteiger partial charge in [-0.05, 0) is 49.4 Å². The summed E-state index contributed by atoms with van der Waals surface area (Å²) in [4.78, 5) is 31.4. The molecule has 0 unspecified atom stereocenters. The number of benzene rings is 1. The van der Waals surface area contributed by atoms with Crippen molar-refractivity contribution < 1.29 is 9.59 Å². The molecule has 0 atom stereocenters. The first kappa shape index (κ1) is 19.2. The number of imidazole rings is 1. The number of carbonyl (C=O) groups is 2. The van der Waals surface area contributed by atoms with E-state index in [0.29, 0.717) is 25.2 Å². The van der Waals surface area contributed by atoms with Gasteiger partial charge in [0.15, 0.2) is 0 Å². The van der Waals surface area contributed by atoms with Crippen LogP contribution in [0.3, 0.4) is 0 Å². The molecule has 0 aliphatic carbocycles. The smallest absolute Gasteiger partial charge is 0.274 e. The zero-order valence-corrected chi connectivity index (χ0v) is 16.7. The fourth-order valence-electron chi connectivity index (χ4n) is 3.78. The first-order chi connectivity index (χ1) is 14.1. The topological polar surface area (TPSA) is 66.7 Å². The molecule has 3 aromatic rings. The maximum atomic E-state index is 12.8. The van der Waals surface area contributed by atoms with Crippen LogP contribution in [0.2, 0.25) is 0 Å². The lowest BCUT2D eigenvalue weighted by atomic mass is 10.0. The Labute approximate surface area is 170 Å². The molecule has 1 aliphatic rings. The second-order valence-corrected chi connectivity index (χ2v) is 7.72. The predicted molar refractivity (Wildman–Crippen MR) is 112 cm³/mol. The van der Waals surface area contributed by atoms with E-state index in [2.05, 4.69) is 10.3 Å². The molecule has 1 fully saturated rings. The summed E-state index contributed by atoms with van der Waals surface area (Å²) in [5, 5.41) is 3.12. The molecule has 0 bridgehead atoms. The minimum absolute atomic E-state index is 0.0415. The van der Waals surface area contributed by atoms with Crippen molar-refractivity contribution in [3.05, 3.63) is 71.7 Å². The number of nitrogens with zero attached hydrogens (tertiary/aromatic N) is 3. The lowest BCUT2D eigenvalue weighted by Crippen LogP contribution is -2.46. The van der Waals surface area contributed by atoms with E-state index in [1.165, 1.54) is 5.56 Å². The molecule has 3 heterocycles. The fourth-order valence-corrected chi connectivity index (χ4v) is 3.78. The monoisotopic (exact) mass is 390 g/mol. The Morgan fingerprint density at radius 3 is 2.66 bits per heavy atom. The molecule has 2 amide bonds. The molecule has 0 radical (unpaired) electrons. The minimum atomic E-state index is -0.0415. The number of carbonyl (C=O) groups excluding carboxylic acids is 2. The van der Waals surface area contributed by atoms with Crippen molar-refractivity contribution in [3.8, 4) is 0 Å². The van der Waals surface area contributed by atoms with Crippen LogP contribution >= 0.6 is 0 Å². The Morgan fingerprint density at radius 1 is 1.14 bits per heavy atom. The van der Waals surface area contributed by atoms with E-state index in [-0.39, 0.29) is 17.9 Å². The molecule has 6 nitrogen and oxygen atoms in total. The highest BCUT2D eigenvalue weighted by Crippen LogP contribution is 2.15. The van der Waals surface area contributed by atoms with E-state index in [4.69, 9.17) is 0 Å². The minimum Gasteiger partial charge on any atom is -0.353 e. The van der Waals surface area contributed by atoms with E-state index in [0.717, 1.165) is 30.5 Å². The van der Waals surface area contributed by atoms with Gasteiger partial charge in [0.05, 0.1) is 0 Å². The zero-order chi connectivity index (χ0) is 20.2. The van der Waals surface area contributed by atoms with Crippen LogP contribution in [0.1, 0.15) is 40.9 Å². The number of likely N-dealkylation sites (tertiary alicyclic amines) is 1. The SMILES string of the molecule is Cc1ccn2cc(C(=O)N3CCC(NC(=O)CCc4ccccc4)CC3)nc2c1. The molecular weight excluding hydrogens is 364 g/mol. The predicted octanol–water partition coefficient (Wildman–Crippen LogP) is 3.00. The Kier molecular flexibility index (Phi) is 5.60. The number of piperidine rings is 1. The summed E-state index contributed by atoms with van der Waals surface area (Å²) in [6.45, 7) is 3.28. The number of fused-ring (bicyclic) bond motifs is 1. The Morgan fingerprint density at radius 2 is 1.90 bits per heavy atom. The molecule has 1 N–H and O–H groups in total. The number of amides is 2. The highest BCUT2D eigenvalue weighted by molar-refractivity contribution is 5.93. The second kappa shape index (κ2) is 8.47. The van der Waals surface area contributed by atoms with Crippen LogP contribution in [0.4, 0.5) is 0 Å². The summed E-state index contributed by atoms with van der Waals surface area (Å²) in [7, 11) is 0. The zero-order valence-electron chi connectivity index (χ0n) is 16.7. The maximum Gasteiger partial charge on any atom is 0.274 e. The van der Waals surface area contributed by atoms with Gasteiger partial charge in [-0.2, -0.15) is 0 Å². The molecule has 2 aromatic heterocycles. The van der Waals surface area contributed by atoms with Crippen molar-refractivity contribution in [1.29, 1.82) is 0 Å². The number of aromatic nitrogens is 2. The summed E-state index contributed by atoms with van der Waals surface area (Å²) < 4.78 is 1.87. The van der Waals surface area contributed by atoms with Gasteiger partial charge in [-0.3, -0.25) is 9.59 Å². The lowest BCUT2D eigenvalue weighted by Gasteiger charge is -2.32. The van der Waals surface area contributed by atoms with Crippen LogP contribution in [-0.2, 0) is 11.2 Å². The summed E-state index contributed by atoms with van der Waals surface area (Å²) in [5.74, 6) is 0.0366. The van der Waals surface area contributed by atoms with Gasteiger partial charge in [-0.1, -0.05) is 30.3 Å². The van der Waals surface area contributed by atoms with E-state index < -0.39 is 0 Å². The van der Waals surface area contributed by atoms with Gasteiger partial charge in [0, 0.05) is 37.9 Å². The molecule has 0 spiro atoms. The van der Waals surface area contributed by atoms with Crippen LogP contribution in [0.15, 0.2) is 54.9 Å². The van der Waals surface area contributed by atoms with Gasteiger partial charge >= 0.3 is 0 Å². The van der Waals surface area contributed by atoms with Crippen molar-refractivity contribution in [3.63, 3.8) is 0 Å². The number of hydrogen-bond donors (Lipinski definition) is 1. The molecule has 150 valence electrons. The number of rotatable bonds is 5. The molecule has 1 aromatic carbocycles. The van der Waals surface area contributed by atoms with Crippen LogP contribution in [0, 0.1) is 6.92 Å². The molecule has 0 saturated carbocycles. The Bertz CT molecular complexity index is 1000. The van der Waals surface area contributed by atoms with Gasteiger partial charge in [0.2, 0.25) is 5.91 Å². The van der Waals surface area contributed by atoms with Gasteiger partial charge in [0.25, 0.3) is 5.91 Å². The van der Waals surface area contributed by atoms with Crippen molar-refractivity contribution in [2.24, 2.45) is 0 Å². The third-order valence-electron chi connectivity index (χ3n) is 5.47. The van der Waals surface area contributed by atoms with Gasteiger partial charge in [-0.25, -0.2) is 4.98 Å². The number of nitrogens with one attached hydrogen (secondary N) is 1. The Hall–Kier alpha value is -3.15. The fraction of sp³-hybridized carbons (Fsp3) is 0.348. The van der Waals surface area contributed by atoms with Crippen molar-refractivity contribution in [2.45, 2.75) is 38.6 Å². The van der Waals surface area contributed by atoms with Crippen LogP contribution in [-0.4, -0.2) is 45.2 Å². The largest absolute Gasteiger partial charge is 0.353 e. The van der Waals surface area contributed by atoms with E-state index in [1.54, 1.807) is 6.20 Å². The highest BCUT2D eigenvalue weighted by Gasteiger charge is 2.26. The standard InChI is InChI=1S/C23H26N4O2/c1-17-9-12-27-16-20(25-21(27)15-17)23(29)26-13-10-19(11-14-26)24-22(28)8-7-18-5-3-2-4-6-18/h2-6,9,12,15-16,19H,7-8,10-11,13-14H2,1H3,(H,24,28). The quantitative estimate of drug-likeness (QED) is 0.728. The highest BCUT2D eigenvalue weighted by atomic mass is 16.2. The van der Waals surface area contributed by atoms with E-state index >= 15 is 0 Å².